The minimum atomic E-state index is -2.01. The van der Waals surface area contributed by atoms with Crippen LogP contribution in [0.2, 0.25) is 13.1 Å². The summed E-state index contributed by atoms with van der Waals surface area (Å²) in [5, 5.41) is 0. The van der Waals surface area contributed by atoms with Crippen molar-refractivity contribution in [3.63, 3.8) is 0 Å². The van der Waals surface area contributed by atoms with Gasteiger partial charge in [0.1, 0.15) is 0 Å². The van der Waals surface area contributed by atoms with E-state index in [9.17, 15) is 0 Å². The molecular weight excluding hydrogens is 566 g/mol. The number of halogens is 2. The van der Waals surface area contributed by atoms with Crippen molar-refractivity contribution < 1.29 is 45.4 Å². The molecule has 4 heteroatoms. The second kappa shape index (κ2) is 10.7. The normalized spacial score (nSPS) is 15.1. The molecule has 0 fully saturated rings. The van der Waals surface area contributed by atoms with Gasteiger partial charge >= 0.3 is 166 Å². The molecular formula is C24H25Cl2HfSi. The zero-order valence-corrected chi connectivity index (χ0v) is 22.6. The van der Waals surface area contributed by atoms with Crippen molar-refractivity contribution in [1.82, 2.24) is 0 Å². The van der Waals surface area contributed by atoms with Crippen LogP contribution < -0.4 is 24.8 Å². The molecule has 0 bridgehead atoms. The summed E-state index contributed by atoms with van der Waals surface area (Å²) in [4.78, 5) is 0. The largest absolute Gasteiger partial charge is 1.00 e. The Kier molecular flexibility index (Phi) is 8.95. The van der Waals surface area contributed by atoms with Crippen LogP contribution in [0.1, 0.15) is 24.0 Å². The fourth-order valence-corrected chi connectivity index (χ4v) is 32.5. The van der Waals surface area contributed by atoms with Crippen LogP contribution in [-0.4, -0.2) is 5.98 Å². The van der Waals surface area contributed by atoms with Gasteiger partial charge in [-0.15, -0.1) is 0 Å². The third-order valence-electron chi connectivity index (χ3n) is 5.26. The Hall–Kier alpha value is -0.933. The van der Waals surface area contributed by atoms with E-state index in [2.05, 4.69) is 98.1 Å². The average molecular weight is 591 g/mol. The number of rotatable bonds is 5. The Bertz CT molecular complexity index is 839. The van der Waals surface area contributed by atoms with Gasteiger partial charge in [0.15, 0.2) is 0 Å². The fraction of sp³-hybridized carbons (Fsp3) is 0.167. The van der Waals surface area contributed by atoms with E-state index >= 15 is 0 Å². The maximum absolute atomic E-state index is 2.60. The maximum atomic E-state index is 2.60. The minimum absolute atomic E-state index is 0. The van der Waals surface area contributed by atoms with E-state index in [0.717, 1.165) is 0 Å². The first-order valence-corrected chi connectivity index (χ1v) is 22.2. The maximum Gasteiger partial charge on any atom is -1.00 e. The van der Waals surface area contributed by atoms with Gasteiger partial charge in [-0.2, -0.15) is 0 Å². The summed E-state index contributed by atoms with van der Waals surface area (Å²) in [5.41, 5.74) is 5.95. The number of hydrogen-bond donors (Lipinski definition) is 0. The monoisotopic (exact) mass is 591 g/mol. The van der Waals surface area contributed by atoms with Crippen molar-refractivity contribution in [3.8, 4) is 0 Å². The van der Waals surface area contributed by atoms with Crippen molar-refractivity contribution in [1.29, 1.82) is 0 Å². The van der Waals surface area contributed by atoms with E-state index in [4.69, 9.17) is 0 Å². The Balaban J connectivity index is 0.00000140. The van der Waals surface area contributed by atoms with E-state index in [0.29, 0.717) is 0 Å². The van der Waals surface area contributed by atoms with Crippen LogP contribution in [0, 0.1) is 0 Å². The molecule has 0 spiro atoms. The Morgan fingerprint density at radius 3 is 1.39 bits per heavy atom. The molecule has 0 aliphatic heterocycles. The van der Waals surface area contributed by atoms with Gasteiger partial charge in [0.25, 0.3) is 0 Å². The van der Waals surface area contributed by atoms with Gasteiger partial charge in [0.05, 0.1) is 0 Å². The molecule has 2 aromatic rings. The van der Waals surface area contributed by atoms with E-state index in [1.165, 1.54) is 24.0 Å². The van der Waals surface area contributed by atoms with Gasteiger partial charge < -0.3 is 24.8 Å². The molecule has 0 radical (unpaired) electrons. The number of hydrogen-bond acceptors (Lipinski definition) is 0. The van der Waals surface area contributed by atoms with Gasteiger partial charge in [0.2, 0.25) is 0 Å². The number of allylic oxidation sites excluding steroid dienone is 8. The van der Waals surface area contributed by atoms with Crippen molar-refractivity contribution >= 4 is 17.1 Å². The Morgan fingerprint density at radius 2 is 1.04 bits per heavy atom. The van der Waals surface area contributed by atoms with Crippen LogP contribution in [0.15, 0.2) is 91.6 Å². The summed E-state index contributed by atoms with van der Waals surface area (Å²) in [5.74, 6) is -0.699. The van der Waals surface area contributed by atoms with Crippen LogP contribution in [-0.2, 0) is 20.6 Å². The summed E-state index contributed by atoms with van der Waals surface area (Å²) >= 11 is -2.01. The third-order valence-corrected chi connectivity index (χ3v) is 32.6. The zero-order chi connectivity index (χ0) is 17.9. The molecule has 0 saturated carbocycles. The van der Waals surface area contributed by atoms with Gasteiger partial charge in [-0.25, -0.2) is 0 Å². The minimum Gasteiger partial charge on any atom is -1.00 e. The summed E-state index contributed by atoms with van der Waals surface area (Å²) in [6.45, 7) is 5.20. The first-order valence-electron chi connectivity index (χ1n) is 9.53. The predicted molar refractivity (Wildman–Crippen MR) is 113 cm³/mol. The molecule has 4 rings (SSSR count). The van der Waals surface area contributed by atoms with Crippen LogP contribution in [0.4, 0.5) is 0 Å². The molecule has 143 valence electrons. The van der Waals surface area contributed by atoms with E-state index in [1.807, 2.05) is 6.66 Å². The summed E-state index contributed by atoms with van der Waals surface area (Å²) in [6, 6.07) is 22.1. The molecule has 2 aliphatic carbocycles. The second-order valence-electron chi connectivity index (χ2n) is 7.30. The van der Waals surface area contributed by atoms with Crippen LogP contribution in [0.3, 0.4) is 0 Å². The van der Waals surface area contributed by atoms with Crippen molar-refractivity contribution in [2.24, 2.45) is 0 Å². The average Bonchev–Trinajstić information content (AvgIpc) is 3.33. The molecule has 0 heterocycles. The molecule has 0 aromatic heterocycles. The molecule has 0 N–H and O–H groups in total. The standard InChI is InChI=1S/2C11H9.C2H7Si.2ClH.Hf/c2*1-2-6-10(7-3-1)11-8-4-5-9-11;1-3-2;;;/h2*1-4,6-8H,5H2;3H,1-2H3;2*1H;/q;;;;;+2/p-2. The van der Waals surface area contributed by atoms with E-state index in [-0.39, 0.29) is 24.8 Å². The fourth-order valence-electron chi connectivity index (χ4n) is 4.18. The van der Waals surface area contributed by atoms with Crippen LogP contribution in [0.25, 0.3) is 11.1 Å². The molecule has 2 aliphatic rings. The molecule has 28 heavy (non-hydrogen) atoms. The van der Waals surface area contributed by atoms with Crippen molar-refractivity contribution in [3.05, 3.63) is 103 Å². The number of benzene rings is 2. The topological polar surface area (TPSA) is 0 Å². The first-order chi connectivity index (χ1) is 12.8. The van der Waals surface area contributed by atoms with Crippen LogP contribution in [0.5, 0.6) is 0 Å². The van der Waals surface area contributed by atoms with Crippen molar-refractivity contribution in [2.75, 3.05) is 0 Å². The molecule has 0 atom stereocenters. The summed E-state index contributed by atoms with van der Waals surface area (Å²) < 4.78 is 3.71. The Morgan fingerprint density at radius 1 is 0.643 bits per heavy atom. The quantitative estimate of drug-likeness (QED) is 0.441. The SMILES string of the molecule is C[SiH](C)[Hf+2]([C]1=C(c2ccccc2)C=CC1)[C]1=C(c2ccccc2)C=CC1.[Cl-].[Cl-]. The second-order valence-corrected chi connectivity index (χ2v) is 34.1. The Labute approximate surface area is 190 Å². The molecule has 0 amide bonds. The first kappa shape index (κ1) is 23.3. The van der Waals surface area contributed by atoms with Crippen LogP contribution >= 0.6 is 0 Å². The predicted octanol–water partition coefficient (Wildman–Crippen LogP) is 0.338. The third kappa shape index (κ3) is 4.79. The zero-order valence-electron chi connectivity index (χ0n) is 16.3. The molecule has 0 unspecified atom stereocenters. The summed E-state index contributed by atoms with van der Waals surface area (Å²) in [6.07, 6.45) is 12.0. The van der Waals surface area contributed by atoms with E-state index < -0.39 is 26.6 Å². The smallest absolute Gasteiger partial charge is 1.00 e. The van der Waals surface area contributed by atoms with Gasteiger partial charge in [0, 0.05) is 0 Å². The summed E-state index contributed by atoms with van der Waals surface area (Å²) in [7, 11) is 0. The molecule has 2 aromatic carbocycles. The van der Waals surface area contributed by atoms with Crippen molar-refractivity contribution in [2.45, 2.75) is 25.9 Å². The van der Waals surface area contributed by atoms with Gasteiger partial charge in [-0.3, -0.25) is 0 Å². The van der Waals surface area contributed by atoms with E-state index in [1.54, 1.807) is 11.1 Å². The van der Waals surface area contributed by atoms with Gasteiger partial charge in [-0.1, -0.05) is 0 Å². The molecule has 0 saturated heterocycles. The molecule has 0 nitrogen and oxygen atoms in total. The van der Waals surface area contributed by atoms with Gasteiger partial charge in [-0.05, 0) is 0 Å².